The summed E-state index contributed by atoms with van der Waals surface area (Å²) in [5.41, 5.74) is -2.10. The molecule has 3 heteroatoms. The summed E-state index contributed by atoms with van der Waals surface area (Å²) in [6, 6.07) is 0. The molecule has 3 nitrogen and oxygen atoms in total. The van der Waals surface area contributed by atoms with Crippen LogP contribution >= 0.6 is 0 Å². The Morgan fingerprint density at radius 3 is 1.50 bits per heavy atom. The van der Waals surface area contributed by atoms with Gasteiger partial charge in [0.1, 0.15) is 0 Å². The minimum absolute atomic E-state index is 0.158. The summed E-state index contributed by atoms with van der Waals surface area (Å²) >= 11 is 0. The van der Waals surface area contributed by atoms with Crippen LogP contribution in [0, 0.1) is 17.3 Å². The van der Waals surface area contributed by atoms with E-state index >= 15 is 0 Å². The van der Waals surface area contributed by atoms with Crippen molar-refractivity contribution in [2.24, 2.45) is 17.3 Å². The molecule has 2 aliphatic rings. The summed E-state index contributed by atoms with van der Waals surface area (Å²) in [4.78, 5) is 11.8. The third-order valence-electron chi connectivity index (χ3n) is 5.99. The van der Waals surface area contributed by atoms with E-state index in [1.165, 1.54) is 12.8 Å². The molecule has 116 valence electrons. The molecule has 0 spiro atoms. The van der Waals surface area contributed by atoms with E-state index in [9.17, 15) is 15.0 Å². The van der Waals surface area contributed by atoms with Crippen molar-refractivity contribution in [2.75, 3.05) is 0 Å². The second-order valence-electron chi connectivity index (χ2n) is 7.43. The molecule has 0 aromatic rings. The summed E-state index contributed by atoms with van der Waals surface area (Å²) in [7, 11) is 0. The molecule has 20 heavy (non-hydrogen) atoms. The number of rotatable bonds is 4. The first kappa shape index (κ1) is 15.8. The van der Waals surface area contributed by atoms with Gasteiger partial charge in [-0.25, -0.2) is 0 Å². The van der Waals surface area contributed by atoms with Crippen molar-refractivity contribution in [3.8, 4) is 0 Å². The molecule has 0 aliphatic heterocycles. The van der Waals surface area contributed by atoms with Crippen LogP contribution < -0.4 is 0 Å². The highest BCUT2D eigenvalue weighted by Crippen LogP contribution is 2.51. The Kier molecular flexibility index (Phi) is 4.78. The number of carboxylic acid groups (broad SMARTS) is 1. The minimum atomic E-state index is -1.06. The smallest absolute Gasteiger partial charge is 0.312 e. The van der Waals surface area contributed by atoms with Crippen LogP contribution in [-0.4, -0.2) is 21.8 Å². The van der Waals surface area contributed by atoms with E-state index in [4.69, 9.17) is 0 Å². The van der Waals surface area contributed by atoms with Gasteiger partial charge in [0, 0.05) is 0 Å². The van der Waals surface area contributed by atoms with Gasteiger partial charge in [0.25, 0.3) is 0 Å². The van der Waals surface area contributed by atoms with Crippen molar-refractivity contribution in [3.63, 3.8) is 0 Å². The lowest BCUT2D eigenvalue weighted by Crippen LogP contribution is -2.60. The molecular weight excluding hydrogens is 252 g/mol. The molecule has 0 heterocycles. The molecule has 0 atom stereocenters. The highest BCUT2D eigenvalue weighted by atomic mass is 16.4. The standard InChI is InChI=1S/C17H30O3/c1-16(2,15(18)19)17(20,13-9-5-3-6-10-13)14-11-7-4-8-12-14/h13-14,20H,3-12H2,1-2H3,(H,18,19). The maximum atomic E-state index is 11.8. The molecule has 0 aromatic heterocycles. The van der Waals surface area contributed by atoms with E-state index in [2.05, 4.69) is 0 Å². The first-order valence-electron chi connectivity index (χ1n) is 8.36. The van der Waals surface area contributed by atoms with Crippen molar-refractivity contribution >= 4 is 5.97 Å². The Morgan fingerprint density at radius 2 is 1.20 bits per heavy atom. The van der Waals surface area contributed by atoms with Crippen LogP contribution in [0.3, 0.4) is 0 Å². The quantitative estimate of drug-likeness (QED) is 0.819. The lowest BCUT2D eigenvalue weighted by atomic mass is 9.56. The molecule has 0 unspecified atom stereocenters. The van der Waals surface area contributed by atoms with Crippen molar-refractivity contribution in [3.05, 3.63) is 0 Å². The molecule has 2 rings (SSSR count). The van der Waals surface area contributed by atoms with Gasteiger partial charge in [-0.2, -0.15) is 0 Å². The Bertz CT molecular complexity index is 318. The van der Waals surface area contributed by atoms with Crippen LogP contribution in [0.15, 0.2) is 0 Å². The van der Waals surface area contributed by atoms with Gasteiger partial charge < -0.3 is 10.2 Å². The Hall–Kier alpha value is -0.570. The number of aliphatic hydroxyl groups is 1. The first-order chi connectivity index (χ1) is 9.40. The molecule has 0 saturated heterocycles. The average Bonchev–Trinajstić information content (AvgIpc) is 2.48. The maximum absolute atomic E-state index is 11.8. The van der Waals surface area contributed by atoms with E-state index in [1.807, 2.05) is 0 Å². The molecule has 0 amide bonds. The van der Waals surface area contributed by atoms with E-state index < -0.39 is 17.0 Å². The zero-order valence-corrected chi connectivity index (χ0v) is 13.0. The molecule has 0 radical (unpaired) electrons. The molecule has 2 aliphatic carbocycles. The maximum Gasteiger partial charge on any atom is 0.312 e. The van der Waals surface area contributed by atoms with Gasteiger partial charge in [0.2, 0.25) is 0 Å². The lowest BCUT2D eigenvalue weighted by Gasteiger charge is -2.52. The van der Waals surface area contributed by atoms with E-state index in [1.54, 1.807) is 13.8 Å². The average molecular weight is 282 g/mol. The highest BCUT2D eigenvalue weighted by Gasteiger charge is 2.57. The Morgan fingerprint density at radius 1 is 0.850 bits per heavy atom. The van der Waals surface area contributed by atoms with Crippen molar-refractivity contribution < 1.29 is 15.0 Å². The largest absolute Gasteiger partial charge is 0.481 e. The normalized spacial score (nSPS) is 23.8. The van der Waals surface area contributed by atoms with Gasteiger partial charge in [-0.3, -0.25) is 4.79 Å². The molecule has 0 aromatic carbocycles. The molecule has 2 fully saturated rings. The fourth-order valence-electron chi connectivity index (χ4n) is 4.61. The van der Waals surface area contributed by atoms with Gasteiger partial charge in [0.05, 0.1) is 11.0 Å². The first-order valence-corrected chi connectivity index (χ1v) is 8.36. The number of carbonyl (C=O) groups is 1. The third-order valence-corrected chi connectivity index (χ3v) is 5.99. The zero-order chi connectivity index (χ0) is 14.8. The second kappa shape index (κ2) is 6.05. The predicted octanol–water partition coefficient (Wildman–Crippen LogP) is 3.99. The van der Waals surface area contributed by atoms with E-state index in [-0.39, 0.29) is 11.8 Å². The summed E-state index contributed by atoms with van der Waals surface area (Å²) in [5.74, 6) is -0.535. The predicted molar refractivity (Wildman–Crippen MR) is 79.5 cm³/mol. The summed E-state index contributed by atoms with van der Waals surface area (Å²) in [6.45, 7) is 3.47. The van der Waals surface area contributed by atoms with Crippen LogP contribution in [0.25, 0.3) is 0 Å². The van der Waals surface area contributed by atoms with E-state index in [0.29, 0.717) is 0 Å². The fourth-order valence-corrected chi connectivity index (χ4v) is 4.61. The van der Waals surface area contributed by atoms with Crippen LogP contribution in [0.5, 0.6) is 0 Å². The van der Waals surface area contributed by atoms with Crippen LogP contribution in [0.1, 0.15) is 78.1 Å². The molecule has 2 N–H and O–H groups in total. The number of hydrogen-bond donors (Lipinski definition) is 2. The van der Waals surface area contributed by atoms with Gasteiger partial charge >= 0.3 is 5.97 Å². The molecular formula is C17H30O3. The minimum Gasteiger partial charge on any atom is -0.481 e. The highest BCUT2D eigenvalue weighted by molar-refractivity contribution is 5.75. The number of hydrogen-bond acceptors (Lipinski definition) is 2. The van der Waals surface area contributed by atoms with Crippen molar-refractivity contribution in [1.29, 1.82) is 0 Å². The third kappa shape index (κ3) is 2.61. The van der Waals surface area contributed by atoms with Gasteiger partial charge in [-0.05, 0) is 51.4 Å². The number of carboxylic acids is 1. The fraction of sp³-hybridized carbons (Fsp3) is 0.941. The Balaban J connectivity index is 2.32. The molecule has 0 bridgehead atoms. The monoisotopic (exact) mass is 282 g/mol. The Labute approximate surface area is 122 Å². The second-order valence-corrected chi connectivity index (χ2v) is 7.43. The lowest BCUT2D eigenvalue weighted by molar-refractivity contribution is -0.194. The van der Waals surface area contributed by atoms with Crippen LogP contribution in [-0.2, 0) is 4.79 Å². The van der Waals surface area contributed by atoms with Crippen LogP contribution in [0.2, 0.25) is 0 Å². The summed E-state index contributed by atoms with van der Waals surface area (Å²) < 4.78 is 0. The molecule has 2 saturated carbocycles. The summed E-state index contributed by atoms with van der Waals surface area (Å²) in [5, 5.41) is 21.3. The van der Waals surface area contributed by atoms with Crippen molar-refractivity contribution in [1.82, 2.24) is 0 Å². The zero-order valence-electron chi connectivity index (χ0n) is 13.0. The summed E-state index contributed by atoms with van der Waals surface area (Å²) in [6.07, 6.45) is 11.0. The van der Waals surface area contributed by atoms with Gasteiger partial charge in [0.15, 0.2) is 0 Å². The van der Waals surface area contributed by atoms with Crippen LogP contribution in [0.4, 0.5) is 0 Å². The van der Waals surface area contributed by atoms with Gasteiger partial charge in [-0.1, -0.05) is 38.5 Å². The van der Waals surface area contributed by atoms with Crippen molar-refractivity contribution in [2.45, 2.75) is 83.7 Å². The van der Waals surface area contributed by atoms with E-state index in [0.717, 1.165) is 51.4 Å². The topological polar surface area (TPSA) is 57.5 Å². The number of aliphatic carboxylic acids is 1. The van der Waals surface area contributed by atoms with Gasteiger partial charge in [-0.15, -0.1) is 0 Å². The SMILES string of the molecule is CC(C)(C(=O)O)C(O)(C1CCCCC1)C1CCCCC1.